The van der Waals surface area contributed by atoms with E-state index in [1.54, 1.807) is 0 Å². The highest BCUT2D eigenvalue weighted by Gasteiger charge is 2.46. The van der Waals surface area contributed by atoms with Gasteiger partial charge in [0.05, 0.1) is 5.84 Å². The van der Waals surface area contributed by atoms with Gasteiger partial charge in [0.15, 0.2) is 0 Å². The van der Waals surface area contributed by atoms with Gasteiger partial charge in [-0.3, -0.25) is 5.41 Å². The molecule has 2 saturated heterocycles. The second-order valence-corrected chi connectivity index (χ2v) is 4.43. The lowest BCUT2D eigenvalue weighted by molar-refractivity contribution is 0.0355. The molecular weight excluding hydrogens is 150 g/mol. The number of likely N-dealkylation sites (tertiary alicyclic amines) is 2. The van der Waals surface area contributed by atoms with Crippen molar-refractivity contribution in [2.75, 3.05) is 33.2 Å². The van der Waals surface area contributed by atoms with E-state index in [2.05, 4.69) is 16.8 Å². The van der Waals surface area contributed by atoms with E-state index < -0.39 is 0 Å². The van der Waals surface area contributed by atoms with Gasteiger partial charge in [0.2, 0.25) is 0 Å². The zero-order valence-electron chi connectivity index (χ0n) is 7.93. The summed E-state index contributed by atoms with van der Waals surface area (Å²) in [6.45, 7) is 6.57. The van der Waals surface area contributed by atoms with Gasteiger partial charge in [0.1, 0.15) is 0 Å². The van der Waals surface area contributed by atoms with Gasteiger partial charge in [-0.15, -0.1) is 0 Å². The maximum Gasteiger partial charge on any atom is 0.0926 e. The van der Waals surface area contributed by atoms with Crippen LogP contribution in [0, 0.1) is 10.8 Å². The molecule has 0 unspecified atom stereocenters. The van der Waals surface area contributed by atoms with E-state index in [1.165, 1.54) is 19.5 Å². The molecule has 0 bridgehead atoms. The van der Waals surface area contributed by atoms with Crippen molar-refractivity contribution in [3.05, 3.63) is 0 Å². The second kappa shape index (κ2) is 2.46. The second-order valence-electron chi connectivity index (χ2n) is 4.43. The lowest BCUT2D eigenvalue weighted by Crippen LogP contribution is -2.55. The molecule has 0 radical (unpaired) electrons. The van der Waals surface area contributed by atoms with Crippen molar-refractivity contribution in [1.82, 2.24) is 9.80 Å². The minimum absolute atomic E-state index is 0.553. The van der Waals surface area contributed by atoms with Crippen LogP contribution in [0.15, 0.2) is 0 Å². The van der Waals surface area contributed by atoms with Crippen LogP contribution in [0.4, 0.5) is 0 Å². The third-order valence-corrected chi connectivity index (χ3v) is 3.12. The minimum Gasteiger partial charge on any atom is -0.360 e. The molecule has 0 atom stereocenters. The van der Waals surface area contributed by atoms with E-state index in [1.807, 2.05) is 6.92 Å². The van der Waals surface area contributed by atoms with Gasteiger partial charge < -0.3 is 9.80 Å². The molecule has 2 rings (SSSR count). The van der Waals surface area contributed by atoms with Crippen molar-refractivity contribution >= 4 is 5.84 Å². The van der Waals surface area contributed by atoms with E-state index in [4.69, 9.17) is 5.41 Å². The predicted octanol–water partition coefficient (Wildman–Crippen LogP) is 0.621. The van der Waals surface area contributed by atoms with E-state index >= 15 is 0 Å². The first kappa shape index (κ1) is 8.05. The van der Waals surface area contributed by atoms with Crippen LogP contribution in [0.3, 0.4) is 0 Å². The number of rotatable bonds is 0. The molecule has 68 valence electrons. The Morgan fingerprint density at radius 1 is 1.33 bits per heavy atom. The van der Waals surface area contributed by atoms with Crippen LogP contribution in [0.2, 0.25) is 0 Å². The Morgan fingerprint density at radius 3 is 2.42 bits per heavy atom. The third-order valence-electron chi connectivity index (χ3n) is 3.12. The van der Waals surface area contributed by atoms with Crippen LogP contribution in [0.25, 0.3) is 0 Å². The molecule has 0 aliphatic carbocycles. The largest absolute Gasteiger partial charge is 0.360 e. The fourth-order valence-corrected chi connectivity index (χ4v) is 2.58. The monoisotopic (exact) mass is 167 g/mol. The zero-order chi connectivity index (χ0) is 8.77. The molecule has 0 aromatic carbocycles. The standard InChI is InChI=1S/C9H17N3/c1-8(10)12-4-3-9(7-12)5-11(2)6-9/h10H,3-7H2,1-2H3. The summed E-state index contributed by atoms with van der Waals surface area (Å²) in [6.07, 6.45) is 1.29. The summed E-state index contributed by atoms with van der Waals surface area (Å²) < 4.78 is 0. The van der Waals surface area contributed by atoms with Gasteiger partial charge in [-0.25, -0.2) is 0 Å². The molecule has 1 spiro atoms. The molecule has 3 heteroatoms. The summed E-state index contributed by atoms with van der Waals surface area (Å²) in [5, 5.41) is 7.53. The Kier molecular flexibility index (Phi) is 1.65. The molecule has 0 aromatic rings. The lowest BCUT2D eigenvalue weighted by Gasteiger charge is -2.46. The maximum absolute atomic E-state index is 7.53. The van der Waals surface area contributed by atoms with Crippen molar-refractivity contribution in [3.8, 4) is 0 Å². The Bertz CT molecular complexity index is 206. The maximum atomic E-state index is 7.53. The average molecular weight is 167 g/mol. The Balaban J connectivity index is 1.95. The van der Waals surface area contributed by atoms with Crippen molar-refractivity contribution in [2.24, 2.45) is 5.41 Å². The summed E-state index contributed by atoms with van der Waals surface area (Å²) in [6, 6.07) is 0. The number of nitrogens with zero attached hydrogens (tertiary/aromatic N) is 2. The lowest BCUT2D eigenvalue weighted by atomic mass is 9.79. The molecule has 2 aliphatic rings. The molecule has 1 N–H and O–H groups in total. The van der Waals surface area contributed by atoms with Crippen LogP contribution < -0.4 is 0 Å². The highest BCUT2D eigenvalue weighted by Crippen LogP contribution is 2.38. The number of nitrogens with one attached hydrogen (secondary N) is 1. The molecule has 3 nitrogen and oxygen atoms in total. The van der Waals surface area contributed by atoms with Crippen LogP contribution in [-0.2, 0) is 0 Å². The van der Waals surface area contributed by atoms with Gasteiger partial charge in [0, 0.05) is 31.6 Å². The van der Waals surface area contributed by atoms with Gasteiger partial charge >= 0.3 is 0 Å². The number of hydrogen-bond donors (Lipinski definition) is 1. The van der Waals surface area contributed by atoms with Crippen LogP contribution in [0.1, 0.15) is 13.3 Å². The zero-order valence-corrected chi connectivity index (χ0v) is 7.93. The summed E-state index contributed by atoms with van der Waals surface area (Å²) >= 11 is 0. The SMILES string of the molecule is CC(=N)N1CCC2(CN(C)C2)C1. The summed E-state index contributed by atoms with van der Waals surface area (Å²) in [4.78, 5) is 4.57. The van der Waals surface area contributed by atoms with E-state index in [-0.39, 0.29) is 0 Å². The van der Waals surface area contributed by atoms with Gasteiger partial charge in [0.25, 0.3) is 0 Å². The fourth-order valence-electron chi connectivity index (χ4n) is 2.58. The quantitative estimate of drug-likeness (QED) is 0.423. The van der Waals surface area contributed by atoms with E-state index in [0.29, 0.717) is 5.41 Å². The first-order chi connectivity index (χ1) is 5.61. The highest BCUT2D eigenvalue weighted by molar-refractivity contribution is 5.76. The first-order valence-electron chi connectivity index (χ1n) is 4.60. The smallest absolute Gasteiger partial charge is 0.0926 e. The normalized spacial score (nSPS) is 27.7. The fraction of sp³-hybridized carbons (Fsp3) is 0.889. The van der Waals surface area contributed by atoms with Crippen molar-refractivity contribution < 1.29 is 0 Å². The van der Waals surface area contributed by atoms with E-state index in [0.717, 1.165) is 18.9 Å². The molecular formula is C9H17N3. The Morgan fingerprint density at radius 2 is 2.00 bits per heavy atom. The summed E-state index contributed by atoms with van der Waals surface area (Å²) in [5.41, 5.74) is 0.553. The number of hydrogen-bond acceptors (Lipinski definition) is 2. The van der Waals surface area contributed by atoms with Gasteiger partial charge in [-0.2, -0.15) is 0 Å². The molecule has 12 heavy (non-hydrogen) atoms. The predicted molar refractivity (Wildman–Crippen MR) is 49.5 cm³/mol. The van der Waals surface area contributed by atoms with Crippen molar-refractivity contribution in [3.63, 3.8) is 0 Å². The minimum atomic E-state index is 0.553. The van der Waals surface area contributed by atoms with Crippen LogP contribution in [0.5, 0.6) is 0 Å². The van der Waals surface area contributed by atoms with Gasteiger partial charge in [-0.05, 0) is 20.4 Å². The molecule has 2 heterocycles. The van der Waals surface area contributed by atoms with E-state index in [9.17, 15) is 0 Å². The topological polar surface area (TPSA) is 30.3 Å². The van der Waals surface area contributed by atoms with Crippen molar-refractivity contribution in [1.29, 1.82) is 5.41 Å². The molecule has 0 aromatic heterocycles. The van der Waals surface area contributed by atoms with Crippen LogP contribution >= 0.6 is 0 Å². The summed E-state index contributed by atoms with van der Waals surface area (Å²) in [7, 11) is 2.17. The molecule has 0 saturated carbocycles. The average Bonchev–Trinajstić information content (AvgIpc) is 2.31. The van der Waals surface area contributed by atoms with Gasteiger partial charge in [-0.1, -0.05) is 0 Å². The molecule has 2 aliphatic heterocycles. The van der Waals surface area contributed by atoms with Crippen molar-refractivity contribution in [2.45, 2.75) is 13.3 Å². The molecule has 0 amide bonds. The molecule has 2 fully saturated rings. The number of amidine groups is 1. The first-order valence-corrected chi connectivity index (χ1v) is 4.60. The Hall–Kier alpha value is -0.570. The summed E-state index contributed by atoms with van der Waals surface area (Å²) in [5.74, 6) is 0.737. The Labute approximate surface area is 73.9 Å². The highest BCUT2D eigenvalue weighted by atomic mass is 15.3. The third kappa shape index (κ3) is 1.12. The van der Waals surface area contributed by atoms with Crippen LogP contribution in [-0.4, -0.2) is 48.9 Å².